The highest BCUT2D eigenvalue weighted by atomic mass is 35.5. The van der Waals surface area contributed by atoms with Gasteiger partial charge in [0.25, 0.3) is 0 Å². The van der Waals surface area contributed by atoms with E-state index in [1.165, 1.54) is 4.90 Å². The highest BCUT2D eigenvalue weighted by molar-refractivity contribution is 7.13. The minimum Gasteiger partial charge on any atom is -0.391 e. The van der Waals surface area contributed by atoms with E-state index in [2.05, 4.69) is 25.8 Å². The van der Waals surface area contributed by atoms with Crippen LogP contribution in [0.25, 0.3) is 10.4 Å². The number of β-amino-alcohol motifs (C(OH)–C–C–N with tert-alkyl or cyclic N) is 1. The Hall–Kier alpha value is -2.44. The molecular formula is C37H60Cl2N6O8S. The second-order valence-electron chi connectivity index (χ2n) is 14.2. The molecule has 4 rings (SSSR count). The Morgan fingerprint density at radius 2 is 1.54 bits per heavy atom. The summed E-state index contributed by atoms with van der Waals surface area (Å²) in [4.78, 5) is 49.2. The highest BCUT2D eigenvalue weighted by Crippen LogP contribution is 2.28. The third-order valence-corrected chi connectivity index (χ3v) is 10.0. The number of likely N-dealkylation sites (tertiary alicyclic amines) is 1. The number of rotatable bonds is 21. The number of ether oxygens (including phenoxy) is 4. The number of carbonyl (C=O) groups is 3. The van der Waals surface area contributed by atoms with Gasteiger partial charge in [-0.1, -0.05) is 45.0 Å². The third-order valence-electron chi connectivity index (χ3n) is 9.06. The van der Waals surface area contributed by atoms with Gasteiger partial charge in [-0.15, -0.1) is 36.2 Å². The van der Waals surface area contributed by atoms with Crippen LogP contribution in [0.1, 0.15) is 44.9 Å². The number of nitrogens with one attached hydrogen (secondary N) is 3. The normalized spacial score (nSPS) is 18.1. The summed E-state index contributed by atoms with van der Waals surface area (Å²) < 4.78 is 22.3. The Morgan fingerprint density at radius 1 is 0.944 bits per heavy atom. The number of hydrogen-bond donors (Lipinski definition) is 4. The predicted octanol–water partition coefficient (Wildman–Crippen LogP) is 2.43. The van der Waals surface area contributed by atoms with Crippen LogP contribution in [0.2, 0.25) is 0 Å². The van der Waals surface area contributed by atoms with Gasteiger partial charge in [0.2, 0.25) is 17.7 Å². The molecular weight excluding hydrogens is 759 g/mol. The van der Waals surface area contributed by atoms with Crippen molar-refractivity contribution in [1.82, 2.24) is 30.7 Å². The van der Waals surface area contributed by atoms with E-state index in [0.717, 1.165) is 54.4 Å². The zero-order valence-electron chi connectivity index (χ0n) is 32.0. The SMILES string of the molecule is Cc1ncsc1-c1ccc(CNC(=O)[C@@H]2C[C@@H](O)CN2C(=O)[C@@H](NC(=O)CCOCCOCCOCCOCCN2CCNCC2)C(C)(C)C)cc1.Cl.Cl. The van der Waals surface area contributed by atoms with Crippen LogP contribution in [0.4, 0.5) is 0 Å². The van der Waals surface area contributed by atoms with E-state index in [1.807, 2.05) is 57.5 Å². The largest absolute Gasteiger partial charge is 0.391 e. The molecule has 0 aliphatic carbocycles. The lowest BCUT2D eigenvalue weighted by Crippen LogP contribution is -2.57. The zero-order valence-corrected chi connectivity index (χ0v) is 34.5. The fraction of sp³-hybridized carbons (Fsp3) is 0.676. The van der Waals surface area contributed by atoms with E-state index >= 15 is 0 Å². The number of piperazine rings is 1. The topological polar surface area (TPSA) is 164 Å². The molecule has 0 spiro atoms. The monoisotopic (exact) mass is 818 g/mol. The van der Waals surface area contributed by atoms with E-state index in [4.69, 9.17) is 18.9 Å². The van der Waals surface area contributed by atoms with Crippen LogP contribution >= 0.6 is 36.2 Å². The number of nitrogens with zero attached hydrogens (tertiary/aromatic N) is 3. The smallest absolute Gasteiger partial charge is 0.246 e. The molecule has 2 aromatic rings. The Bertz CT molecular complexity index is 1390. The molecule has 0 radical (unpaired) electrons. The standard InChI is InChI=1S/C37H58N6O8S.2ClH/c1-27-33(52-26-40-27)29-7-5-28(6-8-29)24-39-35(46)31-23-30(44)25-43(31)36(47)34(37(2,3)4)41-32(45)9-15-48-17-19-50-21-22-51-20-18-49-16-14-42-12-10-38-11-13-42;;/h5-8,26,30-31,34,38,44H,9-25H2,1-4H3,(H,39,46)(H,41,45);2*1H/t30-,31+,34-;;/m1../s1. The van der Waals surface area contributed by atoms with Crippen LogP contribution in [-0.2, 0) is 39.9 Å². The fourth-order valence-corrected chi connectivity index (χ4v) is 6.88. The molecule has 4 N–H and O–H groups in total. The van der Waals surface area contributed by atoms with Crippen molar-refractivity contribution in [1.29, 1.82) is 0 Å². The van der Waals surface area contributed by atoms with Crippen LogP contribution in [0.15, 0.2) is 29.8 Å². The molecule has 1 aromatic heterocycles. The van der Waals surface area contributed by atoms with Gasteiger partial charge >= 0.3 is 0 Å². The van der Waals surface area contributed by atoms with Crippen molar-refractivity contribution in [2.75, 3.05) is 92.1 Å². The number of aryl methyl sites for hydroxylation is 1. The summed E-state index contributed by atoms with van der Waals surface area (Å²) in [6.45, 7) is 16.5. The number of aliphatic hydroxyl groups excluding tert-OH is 1. The minimum absolute atomic E-state index is 0. The third kappa shape index (κ3) is 16.0. The lowest BCUT2D eigenvalue weighted by molar-refractivity contribution is -0.144. The van der Waals surface area contributed by atoms with Crippen LogP contribution in [-0.4, -0.2) is 148 Å². The second kappa shape index (κ2) is 24.9. The lowest BCUT2D eigenvalue weighted by atomic mass is 9.85. The average Bonchev–Trinajstić information content (AvgIpc) is 3.74. The van der Waals surface area contributed by atoms with Crippen LogP contribution < -0.4 is 16.0 Å². The number of carbonyl (C=O) groups excluding carboxylic acids is 3. The number of aliphatic hydroxyl groups is 1. The summed E-state index contributed by atoms with van der Waals surface area (Å²) in [6.07, 6.45) is -0.655. The van der Waals surface area contributed by atoms with E-state index in [0.29, 0.717) is 46.2 Å². The molecule has 1 aromatic carbocycles. The first-order chi connectivity index (χ1) is 25.0. The Balaban J connectivity index is 0.00000504. The zero-order chi connectivity index (χ0) is 37.3. The molecule has 0 bridgehead atoms. The first kappa shape index (κ1) is 47.7. The van der Waals surface area contributed by atoms with Crippen molar-refractivity contribution < 1.29 is 38.4 Å². The molecule has 2 aliphatic heterocycles. The van der Waals surface area contributed by atoms with Gasteiger partial charge in [-0.2, -0.15) is 0 Å². The van der Waals surface area contributed by atoms with E-state index < -0.39 is 29.5 Å². The summed E-state index contributed by atoms with van der Waals surface area (Å²) in [5.74, 6) is -1.09. The van der Waals surface area contributed by atoms with Crippen molar-refractivity contribution in [3.05, 3.63) is 41.0 Å². The van der Waals surface area contributed by atoms with Gasteiger partial charge in [0.05, 0.1) is 75.0 Å². The molecule has 0 unspecified atom stereocenters. The Kier molecular flexibility index (Phi) is 22.0. The van der Waals surface area contributed by atoms with Crippen molar-refractivity contribution in [3.63, 3.8) is 0 Å². The van der Waals surface area contributed by atoms with Gasteiger partial charge in [-0.3, -0.25) is 19.3 Å². The summed E-state index contributed by atoms with van der Waals surface area (Å²) in [6, 6.07) is 6.15. The first-order valence-corrected chi connectivity index (χ1v) is 19.2. The van der Waals surface area contributed by atoms with Crippen LogP contribution in [0.3, 0.4) is 0 Å². The number of halogens is 2. The molecule has 54 heavy (non-hydrogen) atoms. The van der Waals surface area contributed by atoms with Crippen LogP contribution in [0, 0.1) is 12.3 Å². The van der Waals surface area contributed by atoms with Gasteiger partial charge in [-0.05, 0) is 23.5 Å². The molecule has 3 atom stereocenters. The van der Waals surface area contributed by atoms with Crippen molar-refractivity contribution in [2.45, 2.75) is 65.3 Å². The maximum atomic E-state index is 13.8. The fourth-order valence-electron chi connectivity index (χ4n) is 6.07. The average molecular weight is 820 g/mol. The molecule has 14 nitrogen and oxygen atoms in total. The van der Waals surface area contributed by atoms with E-state index in [1.54, 1.807) is 11.3 Å². The lowest BCUT2D eigenvalue weighted by Gasteiger charge is -2.35. The van der Waals surface area contributed by atoms with Gasteiger partial charge in [0.15, 0.2) is 0 Å². The summed E-state index contributed by atoms with van der Waals surface area (Å²) in [5, 5.41) is 19.6. The van der Waals surface area contributed by atoms with Crippen LogP contribution in [0.5, 0.6) is 0 Å². The second-order valence-corrected chi connectivity index (χ2v) is 15.1. The molecule has 0 saturated carbocycles. The predicted molar refractivity (Wildman–Crippen MR) is 213 cm³/mol. The maximum Gasteiger partial charge on any atom is 0.246 e. The van der Waals surface area contributed by atoms with Gasteiger partial charge in [0.1, 0.15) is 12.1 Å². The van der Waals surface area contributed by atoms with Gasteiger partial charge < -0.3 is 44.9 Å². The molecule has 17 heteroatoms. The van der Waals surface area contributed by atoms with E-state index in [-0.39, 0.29) is 69.2 Å². The number of hydrogen-bond acceptors (Lipinski definition) is 12. The Morgan fingerprint density at radius 3 is 2.11 bits per heavy atom. The molecule has 2 aliphatic rings. The number of aromatic nitrogens is 1. The molecule has 2 fully saturated rings. The molecule has 2 saturated heterocycles. The molecule has 306 valence electrons. The van der Waals surface area contributed by atoms with Gasteiger partial charge in [0, 0.05) is 58.7 Å². The van der Waals surface area contributed by atoms with Crippen molar-refractivity contribution in [2.24, 2.45) is 5.41 Å². The van der Waals surface area contributed by atoms with Crippen molar-refractivity contribution >= 4 is 53.9 Å². The van der Waals surface area contributed by atoms with Gasteiger partial charge in [-0.25, -0.2) is 4.98 Å². The number of benzene rings is 1. The minimum atomic E-state index is -0.899. The maximum absolute atomic E-state index is 13.8. The van der Waals surface area contributed by atoms with E-state index in [9.17, 15) is 19.5 Å². The first-order valence-electron chi connectivity index (χ1n) is 18.3. The Labute approximate surface area is 336 Å². The summed E-state index contributed by atoms with van der Waals surface area (Å²) in [7, 11) is 0. The highest BCUT2D eigenvalue weighted by Gasteiger charge is 2.44. The molecule has 3 amide bonds. The van der Waals surface area contributed by atoms with Crippen molar-refractivity contribution in [3.8, 4) is 10.4 Å². The quantitative estimate of drug-likeness (QED) is 0.137. The number of amides is 3. The summed E-state index contributed by atoms with van der Waals surface area (Å²) >= 11 is 1.58. The number of thiazole rings is 1. The molecule has 3 heterocycles. The summed E-state index contributed by atoms with van der Waals surface area (Å²) in [5.41, 5.74) is 4.12.